The first-order chi connectivity index (χ1) is 9.46. The first-order valence-corrected chi connectivity index (χ1v) is 8.26. The van der Waals surface area contributed by atoms with Crippen molar-refractivity contribution in [3.8, 4) is 0 Å². The highest BCUT2D eigenvalue weighted by molar-refractivity contribution is 9.10. The predicted octanol–water partition coefficient (Wildman–Crippen LogP) is 4.42. The molecule has 0 aliphatic carbocycles. The Morgan fingerprint density at radius 3 is 2.45 bits per heavy atom. The van der Waals surface area contributed by atoms with Gasteiger partial charge in [0, 0.05) is 11.6 Å². The molecular formula is C17H28BrNO. The van der Waals surface area contributed by atoms with E-state index in [9.17, 15) is 0 Å². The molecule has 0 saturated heterocycles. The van der Waals surface area contributed by atoms with Crippen molar-refractivity contribution in [2.45, 2.75) is 45.6 Å². The van der Waals surface area contributed by atoms with Crippen molar-refractivity contribution in [2.75, 3.05) is 20.2 Å². The molecule has 0 saturated carbocycles. The first-order valence-electron chi connectivity index (χ1n) is 7.47. The van der Waals surface area contributed by atoms with E-state index in [1.165, 1.54) is 12.0 Å². The standard InChI is InChI=1S/C17H28BrNO/c1-5-19-13-15(10-11-17(2,3)20-4)12-14-6-8-16(18)9-7-14/h6-9,15,19H,5,10-13H2,1-4H3. The predicted molar refractivity (Wildman–Crippen MR) is 90.2 cm³/mol. The van der Waals surface area contributed by atoms with Crippen molar-refractivity contribution >= 4 is 15.9 Å². The number of ether oxygens (including phenoxy) is 1. The van der Waals surface area contributed by atoms with Crippen molar-refractivity contribution in [3.63, 3.8) is 0 Å². The van der Waals surface area contributed by atoms with Gasteiger partial charge in [0.15, 0.2) is 0 Å². The van der Waals surface area contributed by atoms with Gasteiger partial charge in [-0.05, 0) is 69.8 Å². The Bertz CT molecular complexity index is 375. The number of hydrogen-bond donors (Lipinski definition) is 1. The summed E-state index contributed by atoms with van der Waals surface area (Å²) in [4.78, 5) is 0. The van der Waals surface area contributed by atoms with Crippen LogP contribution in [0.2, 0.25) is 0 Å². The van der Waals surface area contributed by atoms with Gasteiger partial charge >= 0.3 is 0 Å². The number of methoxy groups -OCH3 is 1. The summed E-state index contributed by atoms with van der Waals surface area (Å²) in [6.07, 6.45) is 3.40. The third kappa shape index (κ3) is 6.87. The summed E-state index contributed by atoms with van der Waals surface area (Å²) in [6.45, 7) is 8.60. The van der Waals surface area contributed by atoms with Gasteiger partial charge in [0.25, 0.3) is 0 Å². The molecule has 0 aromatic heterocycles. The van der Waals surface area contributed by atoms with Crippen LogP contribution in [0.3, 0.4) is 0 Å². The molecule has 3 heteroatoms. The van der Waals surface area contributed by atoms with Gasteiger partial charge in [0.2, 0.25) is 0 Å². The molecule has 0 aliphatic rings. The van der Waals surface area contributed by atoms with E-state index in [1.807, 2.05) is 0 Å². The van der Waals surface area contributed by atoms with E-state index in [-0.39, 0.29) is 5.60 Å². The molecule has 1 aromatic rings. The first kappa shape index (κ1) is 17.7. The van der Waals surface area contributed by atoms with Crippen LogP contribution in [0, 0.1) is 5.92 Å². The summed E-state index contributed by atoms with van der Waals surface area (Å²) >= 11 is 3.49. The minimum Gasteiger partial charge on any atom is -0.379 e. The maximum Gasteiger partial charge on any atom is 0.0622 e. The Morgan fingerprint density at radius 2 is 1.90 bits per heavy atom. The molecule has 1 rings (SSSR count). The fourth-order valence-electron chi connectivity index (χ4n) is 2.23. The summed E-state index contributed by atoms with van der Waals surface area (Å²) in [5.74, 6) is 0.658. The van der Waals surface area contributed by atoms with Gasteiger partial charge in [-0.25, -0.2) is 0 Å². The lowest BCUT2D eigenvalue weighted by atomic mass is 9.90. The quantitative estimate of drug-likeness (QED) is 0.717. The fraction of sp³-hybridized carbons (Fsp3) is 0.647. The molecule has 1 aromatic carbocycles. The molecule has 0 heterocycles. The maximum atomic E-state index is 5.53. The summed E-state index contributed by atoms with van der Waals surface area (Å²) < 4.78 is 6.68. The largest absolute Gasteiger partial charge is 0.379 e. The normalized spacial score (nSPS) is 13.4. The molecule has 114 valence electrons. The topological polar surface area (TPSA) is 21.3 Å². The molecule has 0 bridgehead atoms. The van der Waals surface area contributed by atoms with Crippen LogP contribution in [0.4, 0.5) is 0 Å². The van der Waals surface area contributed by atoms with Crippen LogP contribution in [0.5, 0.6) is 0 Å². The second-order valence-electron chi connectivity index (χ2n) is 6.01. The van der Waals surface area contributed by atoms with Crippen LogP contribution in [0.25, 0.3) is 0 Å². The molecule has 1 N–H and O–H groups in total. The molecule has 0 aliphatic heterocycles. The highest BCUT2D eigenvalue weighted by Gasteiger charge is 2.19. The summed E-state index contributed by atoms with van der Waals surface area (Å²) in [5.41, 5.74) is 1.39. The average molecular weight is 342 g/mol. The third-order valence-electron chi connectivity index (χ3n) is 3.83. The second-order valence-corrected chi connectivity index (χ2v) is 6.92. The summed E-state index contributed by atoms with van der Waals surface area (Å²) in [7, 11) is 1.80. The van der Waals surface area contributed by atoms with E-state index in [2.05, 4.69) is 66.3 Å². The van der Waals surface area contributed by atoms with Gasteiger partial charge in [0.1, 0.15) is 0 Å². The number of rotatable bonds is 9. The Labute approximate surface area is 132 Å². The van der Waals surface area contributed by atoms with Gasteiger partial charge in [-0.2, -0.15) is 0 Å². The zero-order valence-electron chi connectivity index (χ0n) is 13.2. The molecule has 1 atom stereocenters. The van der Waals surface area contributed by atoms with Crippen LogP contribution in [0.15, 0.2) is 28.7 Å². The minimum atomic E-state index is -0.0236. The van der Waals surface area contributed by atoms with E-state index in [0.717, 1.165) is 30.4 Å². The Hall–Kier alpha value is -0.380. The maximum absolute atomic E-state index is 5.53. The van der Waals surface area contributed by atoms with E-state index in [4.69, 9.17) is 4.74 Å². The van der Waals surface area contributed by atoms with Crippen molar-refractivity contribution in [1.29, 1.82) is 0 Å². The smallest absolute Gasteiger partial charge is 0.0622 e. The van der Waals surface area contributed by atoms with E-state index >= 15 is 0 Å². The van der Waals surface area contributed by atoms with Gasteiger partial charge in [0.05, 0.1) is 5.60 Å². The van der Waals surface area contributed by atoms with Crippen LogP contribution < -0.4 is 5.32 Å². The zero-order valence-corrected chi connectivity index (χ0v) is 14.8. The number of halogens is 1. The van der Waals surface area contributed by atoms with Crippen LogP contribution in [-0.2, 0) is 11.2 Å². The van der Waals surface area contributed by atoms with E-state index < -0.39 is 0 Å². The molecule has 0 fully saturated rings. The number of nitrogens with one attached hydrogen (secondary N) is 1. The SMILES string of the molecule is CCNCC(CCC(C)(C)OC)Cc1ccc(Br)cc1. The second kappa shape index (κ2) is 8.81. The average Bonchev–Trinajstić information content (AvgIpc) is 2.44. The Morgan fingerprint density at radius 1 is 1.25 bits per heavy atom. The van der Waals surface area contributed by atoms with Gasteiger partial charge in [-0.1, -0.05) is 35.0 Å². The van der Waals surface area contributed by atoms with Gasteiger partial charge < -0.3 is 10.1 Å². The molecule has 0 amide bonds. The van der Waals surface area contributed by atoms with Gasteiger partial charge in [-0.15, -0.1) is 0 Å². The van der Waals surface area contributed by atoms with Crippen molar-refractivity contribution in [1.82, 2.24) is 5.32 Å². The molecule has 2 nitrogen and oxygen atoms in total. The van der Waals surface area contributed by atoms with E-state index in [1.54, 1.807) is 7.11 Å². The van der Waals surface area contributed by atoms with Gasteiger partial charge in [-0.3, -0.25) is 0 Å². The Kier molecular flexibility index (Phi) is 7.78. The van der Waals surface area contributed by atoms with Crippen molar-refractivity contribution in [3.05, 3.63) is 34.3 Å². The zero-order chi connectivity index (χ0) is 15.0. The monoisotopic (exact) mass is 341 g/mol. The highest BCUT2D eigenvalue weighted by Crippen LogP contribution is 2.22. The number of benzene rings is 1. The van der Waals surface area contributed by atoms with E-state index in [0.29, 0.717) is 5.92 Å². The molecular weight excluding hydrogens is 314 g/mol. The molecule has 0 spiro atoms. The van der Waals surface area contributed by atoms with Crippen LogP contribution in [0.1, 0.15) is 39.2 Å². The lowest BCUT2D eigenvalue weighted by Crippen LogP contribution is -2.28. The summed E-state index contributed by atoms with van der Waals surface area (Å²) in [6, 6.07) is 8.67. The summed E-state index contributed by atoms with van der Waals surface area (Å²) in [5, 5.41) is 3.48. The van der Waals surface area contributed by atoms with Crippen molar-refractivity contribution in [2.24, 2.45) is 5.92 Å². The lowest BCUT2D eigenvalue weighted by molar-refractivity contribution is 0.0104. The fourth-order valence-corrected chi connectivity index (χ4v) is 2.50. The van der Waals surface area contributed by atoms with Crippen LogP contribution in [-0.4, -0.2) is 25.8 Å². The minimum absolute atomic E-state index is 0.0236. The van der Waals surface area contributed by atoms with Crippen molar-refractivity contribution < 1.29 is 4.74 Å². The molecule has 20 heavy (non-hydrogen) atoms. The Balaban J connectivity index is 2.57. The highest BCUT2D eigenvalue weighted by atomic mass is 79.9. The third-order valence-corrected chi connectivity index (χ3v) is 4.36. The molecule has 0 radical (unpaired) electrons. The number of hydrogen-bond acceptors (Lipinski definition) is 2. The lowest BCUT2D eigenvalue weighted by Gasteiger charge is -2.26. The molecule has 1 unspecified atom stereocenters. The van der Waals surface area contributed by atoms with Crippen LogP contribution >= 0.6 is 15.9 Å².